The van der Waals surface area contributed by atoms with Gasteiger partial charge in [-0.05, 0) is 24.1 Å². The summed E-state index contributed by atoms with van der Waals surface area (Å²) in [5.41, 5.74) is 7.01. The van der Waals surface area contributed by atoms with E-state index in [4.69, 9.17) is 14.7 Å². The molecule has 3 rings (SSSR count). The molecule has 0 saturated carbocycles. The highest BCUT2D eigenvalue weighted by Gasteiger charge is 2.14. The molecular weight excluding hydrogens is 292 g/mol. The molecule has 0 atom stereocenters. The molecule has 0 aliphatic carbocycles. The molecule has 0 fully saturated rings. The number of aromatic nitrogens is 2. The quantitative estimate of drug-likeness (QED) is 0.687. The average Bonchev–Trinajstić information content (AvgIpc) is 3.25. The lowest BCUT2D eigenvalue weighted by Crippen LogP contribution is -2.31. The van der Waals surface area contributed by atoms with Gasteiger partial charge < -0.3 is 14.7 Å². The number of furan rings is 1. The molecule has 0 unspecified atom stereocenters. The predicted molar refractivity (Wildman–Crippen MR) is 86.5 cm³/mol. The van der Waals surface area contributed by atoms with Crippen molar-refractivity contribution >= 4 is 0 Å². The van der Waals surface area contributed by atoms with Crippen LogP contribution in [0.15, 0.2) is 57.7 Å². The number of benzene rings is 1. The number of hydrogen-bond acceptors (Lipinski definition) is 6. The summed E-state index contributed by atoms with van der Waals surface area (Å²) >= 11 is 0. The Hall–Kier alpha value is -2.44. The molecule has 0 saturated heterocycles. The molecule has 6 nitrogen and oxygen atoms in total. The maximum Gasteiger partial charge on any atom is 0.241 e. The van der Waals surface area contributed by atoms with Gasteiger partial charge >= 0.3 is 0 Å². The summed E-state index contributed by atoms with van der Waals surface area (Å²) in [5.74, 6) is 1.65. The van der Waals surface area contributed by atoms with Crippen molar-refractivity contribution in [3.8, 4) is 11.6 Å². The topological polar surface area (TPSA) is 81.3 Å². The summed E-state index contributed by atoms with van der Waals surface area (Å²) in [4.78, 5) is 6.59. The van der Waals surface area contributed by atoms with E-state index in [0.29, 0.717) is 30.6 Å². The molecule has 0 radical (unpaired) electrons. The van der Waals surface area contributed by atoms with Crippen molar-refractivity contribution in [1.82, 2.24) is 15.0 Å². The van der Waals surface area contributed by atoms with Gasteiger partial charge in [-0.2, -0.15) is 4.98 Å². The number of nitrogens with two attached hydrogens (primary N) is 1. The van der Waals surface area contributed by atoms with Crippen molar-refractivity contribution in [3.63, 3.8) is 0 Å². The summed E-state index contributed by atoms with van der Waals surface area (Å²) in [5, 5.41) is 3.95. The SMILES string of the molecule is NCCN(CCc1ccccc1)Cc1nc(-c2ccco2)no1. The van der Waals surface area contributed by atoms with Crippen LogP contribution in [-0.2, 0) is 13.0 Å². The second-order valence-corrected chi connectivity index (χ2v) is 5.29. The summed E-state index contributed by atoms with van der Waals surface area (Å²) < 4.78 is 10.6. The summed E-state index contributed by atoms with van der Waals surface area (Å²) in [7, 11) is 0. The molecule has 1 aromatic carbocycles. The van der Waals surface area contributed by atoms with E-state index in [1.807, 2.05) is 12.1 Å². The minimum Gasteiger partial charge on any atom is -0.461 e. The molecule has 2 heterocycles. The Morgan fingerprint density at radius 3 is 2.65 bits per heavy atom. The maximum atomic E-state index is 5.71. The molecule has 0 aliphatic heterocycles. The number of rotatable bonds is 8. The molecule has 2 N–H and O–H groups in total. The van der Waals surface area contributed by atoms with Gasteiger partial charge in [0.1, 0.15) is 0 Å². The first kappa shape index (κ1) is 15.5. The lowest BCUT2D eigenvalue weighted by atomic mass is 10.1. The number of hydrogen-bond donors (Lipinski definition) is 1. The minimum atomic E-state index is 0.473. The molecule has 120 valence electrons. The normalized spacial score (nSPS) is 11.2. The van der Waals surface area contributed by atoms with E-state index in [-0.39, 0.29) is 0 Å². The van der Waals surface area contributed by atoms with Gasteiger partial charge in [0.25, 0.3) is 0 Å². The van der Waals surface area contributed by atoms with Crippen molar-refractivity contribution in [2.75, 3.05) is 19.6 Å². The summed E-state index contributed by atoms with van der Waals surface area (Å²) in [6, 6.07) is 14.0. The second-order valence-electron chi connectivity index (χ2n) is 5.29. The lowest BCUT2D eigenvalue weighted by Gasteiger charge is -2.19. The monoisotopic (exact) mass is 312 g/mol. The van der Waals surface area contributed by atoms with Crippen molar-refractivity contribution in [1.29, 1.82) is 0 Å². The van der Waals surface area contributed by atoms with Crippen LogP contribution in [0.1, 0.15) is 11.5 Å². The van der Waals surface area contributed by atoms with E-state index in [0.717, 1.165) is 19.5 Å². The molecule has 6 heteroatoms. The third-order valence-corrected chi connectivity index (χ3v) is 3.57. The Morgan fingerprint density at radius 2 is 1.91 bits per heavy atom. The molecule has 0 bridgehead atoms. The van der Waals surface area contributed by atoms with Crippen LogP contribution in [-0.4, -0.2) is 34.7 Å². The Balaban J connectivity index is 1.60. The first-order valence-electron chi connectivity index (χ1n) is 7.68. The predicted octanol–water partition coefficient (Wildman–Crippen LogP) is 2.33. The molecule has 0 aliphatic rings. The van der Waals surface area contributed by atoms with E-state index < -0.39 is 0 Å². The second kappa shape index (κ2) is 7.71. The summed E-state index contributed by atoms with van der Waals surface area (Å²) in [6.45, 7) is 2.84. The van der Waals surface area contributed by atoms with Crippen LogP contribution < -0.4 is 5.73 Å². The molecule has 23 heavy (non-hydrogen) atoms. The molecule has 0 spiro atoms. The van der Waals surface area contributed by atoms with Gasteiger partial charge in [-0.15, -0.1) is 0 Å². The standard InChI is InChI=1S/C17H20N4O2/c18-9-11-21(10-8-14-5-2-1-3-6-14)13-16-19-17(20-23-16)15-7-4-12-22-15/h1-7,12H,8-11,13,18H2. The zero-order valence-electron chi connectivity index (χ0n) is 12.9. The van der Waals surface area contributed by atoms with Crippen LogP contribution in [0.3, 0.4) is 0 Å². The van der Waals surface area contributed by atoms with E-state index >= 15 is 0 Å². The maximum absolute atomic E-state index is 5.71. The largest absolute Gasteiger partial charge is 0.461 e. The van der Waals surface area contributed by atoms with Crippen LogP contribution in [0.2, 0.25) is 0 Å². The highest BCUT2D eigenvalue weighted by Crippen LogP contribution is 2.16. The fourth-order valence-corrected chi connectivity index (χ4v) is 2.40. The van der Waals surface area contributed by atoms with Gasteiger partial charge in [0, 0.05) is 19.6 Å². The van der Waals surface area contributed by atoms with Gasteiger partial charge in [0.2, 0.25) is 11.7 Å². The van der Waals surface area contributed by atoms with Gasteiger partial charge in [-0.1, -0.05) is 35.5 Å². The van der Waals surface area contributed by atoms with Crippen molar-refractivity contribution in [2.45, 2.75) is 13.0 Å². The molecule has 0 amide bonds. The third-order valence-electron chi connectivity index (χ3n) is 3.57. The Labute approximate surface area is 134 Å². The Bertz CT molecular complexity index is 694. The van der Waals surface area contributed by atoms with Gasteiger partial charge in [0.15, 0.2) is 5.76 Å². The van der Waals surface area contributed by atoms with Crippen LogP contribution in [0.4, 0.5) is 0 Å². The molecule has 2 aromatic heterocycles. The smallest absolute Gasteiger partial charge is 0.241 e. The Morgan fingerprint density at radius 1 is 1.04 bits per heavy atom. The summed E-state index contributed by atoms with van der Waals surface area (Å²) in [6.07, 6.45) is 2.55. The highest BCUT2D eigenvalue weighted by atomic mass is 16.5. The van der Waals surface area contributed by atoms with E-state index in [1.54, 1.807) is 12.3 Å². The lowest BCUT2D eigenvalue weighted by molar-refractivity contribution is 0.234. The van der Waals surface area contributed by atoms with Crippen molar-refractivity contribution in [3.05, 3.63) is 60.2 Å². The molecular formula is C17H20N4O2. The first-order valence-corrected chi connectivity index (χ1v) is 7.68. The van der Waals surface area contributed by atoms with Crippen molar-refractivity contribution < 1.29 is 8.94 Å². The number of nitrogens with zero attached hydrogens (tertiary/aromatic N) is 3. The zero-order chi connectivity index (χ0) is 15.9. The fourth-order valence-electron chi connectivity index (χ4n) is 2.40. The van der Waals surface area contributed by atoms with E-state index in [1.165, 1.54) is 5.56 Å². The van der Waals surface area contributed by atoms with Crippen LogP contribution in [0, 0.1) is 0 Å². The fraction of sp³-hybridized carbons (Fsp3) is 0.294. The third kappa shape index (κ3) is 4.28. The average molecular weight is 312 g/mol. The van der Waals surface area contributed by atoms with Gasteiger partial charge in [-0.25, -0.2) is 0 Å². The first-order chi connectivity index (χ1) is 11.3. The van der Waals surface area contributed by atoms with E-state index in [2.05, 4.69) is 39.3 Å². The Kier molecular flexibility index (Phi) is 5.18. The molecule has 3 aromatic rings. The van der Waals surface area contributed by atoms with Crippen LogP contribution >= 0.6 is 0 Å². The van der Waals surface area contributed by atoms with Crippen LogP contribution in [0.25, 0.3) is 11.6 Å². The zero-order valence-corrected chi connectivity index (χ0v) is 12.9. The van der Waals surface area contributed by atoms with Crippen molar-refractivity contribution in [2.24, 2.45) is 5.73 Å². The van der Waals surface area contributed by atoms with Gasteiger partial charge in [0.05, 0.1) is 12.8 Å². The van der Waals surface area contributed by atoms with E-state index in [9.17, 15) is 0 Å². The highest BCUT2D eigenvalue weighted by molar-refractivity contribution is 5.44. The van der Waals surface area contributed by atoms with Crippen LogP contribution in [0.5, 0.6) is 0 Å². The van der Waals surface area contributed by atoms with Gasteiger partial charge in [-0.3, -0.25) is 4.90 Å². The minimum absolute atomic E-state index is 0.473.